The third-order valence-corrected chi connectivity index (χ3v) is 12.2. The molecule has 0 saturated carbocycles. The van der Waals surface area contributed by atoms with Crippen LogP contribution < -0.4 is 24.8 Å². The SMILES string of the molecule is CC(C)(C)C1=[C-]C(C)(C)c2cc3c(cc21)-c1cc2c(cc1C3)C(C)(C)C=C2C(C)(C)C.Cc1c[cH-]c(C)c1.[Cl-].[Cl-].[Zr+2]=[C](c1ccccc1)c1ccccc1. The number of hydrogen-bond donors (Lipinski definition) is 0. The van der Waals surface area contributed by atoms with Gasteiger partial charge in [-0.2, -0.15) is 23.3 Å². The van der Waals surface area contributed by atoms with E-state index in [1.807, 2.05) is 0 Å². The molecule has 0 saturated heterocycles. The normalized spacial score (nSPS) is 15.3. The second-order valence-corrected chi connectivity index (χ2v) is 19.5. The molecule has 3 aliphatic carbocycles. The summed E-state index contributed by atoms with van der Waals surface area (Å²) in [6.07, 6.45) is 7.41. The zero-order valence-corrected chi connectivity index (χ0v) is 38.3. The van der Waals surface area contributed by atoms with Crippen molar-refractivity contribution in [3.8, 4) is 11.1 Å². The standard InChI is InChI=1S/C31H37.C13H10.C7H9.2ClH.Zr/c1-28(2,3)26-16-30(7,8)24-12-18-11-19-13-25-23(15-21(19)20(18)14-22(24)26)27(29(4,5)6)17-31(25,9)10;1-3-7-12(8-4-1)11-13-9-5-2-6-10-13;1-6-3-4-7(2)5-6;;;/h12-16H,11H2,1-10H3;1-10H;3-5H,1-2H3;2*1H;/q-1;;-1;;;+2/p-2. The zero-order valence-electron chi connectivity index (χ0n) is 34.4. The van der Waals surface area contributed by atoms with Crippen molar-refractivity contribution in [3.63, 3.8) is 0 Å². The number of rotatable bonds is 2. The van der Waals surface area contributed by atoms with E-state index in [1.165, 1.54) is 105 Å². The molecule has 54 heavy (non-hydrogen) atoms. The van der Waals surface area contributed by atoms with E-state index in [9.17, 15) is 0 Å². The maximum absolute atomic E-state index is 3.85. The average Bonchev–Trinajstić information content (AvgIpc) is 3.80. The number of hydrogen-bond acceptors (Lipinski definition) is 0. The summed E-state index contributed by atoms with van der Waals surface area (Å²) in [7, 11) is 0. The Hall–Kier alpha value is -2.96. The van der Waals surface area contributed by atoms with Gasteiger partial charge in [0.05, 0.1) is 0 Å². The Balaban J connectivity index is 0.000000233. The molecule has 5 aromatic carbocycles. The van der Waals surface area contributed by atoms with Crippen LogP contribution in [0, 0.1) is 30.8 Å². The van der Waals surface area contributed by atoms with E-state index in [0.29, 0.717) is 0 Å². The topological polar surface area (TPSA) is 0 Å². The van der Waals surface area contributed by atoms with Gasteiger partial charge in [-0.15, -0.1) is 11.6 Å². The van der Waals surface area contributed by atoms with E-state index in [0.717, 1.165) is 6.42 Å². The molecule has 0 nitrogen and oxygen atoms in total. The third-order valence-electron chi connectivity index (χ3n) is 10.8. The van der Waals surface area contributed by atoms with Gasteiger partial charge in [-0.3, -0.25) is 6.08 Å². The quantitative estimate of drug-likeness (QED) is 0.161. The number of fused-ring (bicyclic) bond motifs is 5. The maximum atomic E-state index is 3.85. The predicted molar refractivity (Wildman–Crippen MR) is 222 cm³/mol. The molecule has 0 amide bonds. The Morgan fingerprint density at radius 1 is 0.648 bits per heavy atom. The van der Waals surface area contributed by atoms with Crippen LogP contribution in [-0.2, 0) is 41.5 Å². The number of halogens is 2. The summed E-state index contributed by atoms with van der Waals surface area (Å²) in [6, 6.07) is 37.5. The van der Waals surface area contributed by atoms with Crippen LogP contribution in [0.4, 0.5) is 0 Å². The van der Waals surface area contributed by atoms with E-state index in [2.05, 4.69) is 198 Å². The molecule has 0 bridgehead atoms. The van der Waals surface area contributed by atoms with Gasteiger partial charge in [-0.1, -0.05) is 107 Å². The van der Waals surface area contributed by atoms with Gasteiger partial charge in [-0.25, -0.2) is 17.2 Å². The molecule has 3 aliphatic rings. The van der Waals surface area contributed by atoms with Crippen molar-refractivity contribution in [1.29, 1.82) is 0 Å². The second-order valence-electron chi connectivity index (χ2n) is 18.3. The van der Waals surface area contributed by atoms with Gasteiger partial charge >= 0.3 is 99.2 Å². The second kappa shape index (κ2) is 16.3. The Bertz CT molecular complexity index is 2040. The Morgan fingerprint density at radius 3 is 1.57 bits per heavy atom. The first kappa shape index (κ1) is 43.8. The van der Waals surface area contributed by atoms with Crippen molar-refractivity contribution in [3.05, 3.63) is 171 Å². The van der Waals surface area contributed by atoms with Crippen LogP contribution in [0.25, 0.3) is 22.3 Å². The minimum atomic E-state index is -0.0202. The van der Waals surface area contributed by atoms with Crippen molar-refractivity contribution in [2.45, 2.75) is 100 Å². The van der Waals surface area contributed by atoms with Crippen molar-refractivity contribution >= 4 is 14.4 Å². The van der Waals surface area contributed by atoms with Gasteiger partial charge in [0.25, 0.3) is 0 Å². The van der Waals surface area contributed by atoms with Crippen LogP contribution >= 0.6 is 0 Å². The molecule has 5 aromatic rings. The summed E-state index contributed by atoms with van der Waals surface area (Å²) < 4.78 is 1.42. The van der Waals surface area contributed by atoms with E-state index in [-0.39, 0.29) is 46.5 Å². The predicted octanol–water partition coefficient (Wildman–Crippen LogP) is 7.33. The third kappa shape index (κ3) is 9.02. The fourth-order valence-corrected chi connectivity index (χ4v) is 8.86. The monoisotopic (exact) mass is 828 g/mol. The first-order valence-corrected chi connectivity index (χ1v) is 20.1. The molecule has 0 unspecified atom stereocenters. The number of benzene rings is 4. The molecule has 0 aromatic heterocycles. The summed E-state index contributed by atoms with van der Waals surface area (Å²) in [4.78, 5) is 0. The van der Waals surface area contributed by atoms with Crippen molar-refractivity contribution in [2.24, 2.45) is 10.8 Å². The summed E-state index contributed by atoms with van der Waals surface area (Å²) in [5.41, 5.74) is 20.3. The van der Waals surface area contributed by atoms with Crippen molar-refractivity contribution < 1.29 is 49.0 Å². The Labute approximate surface area is 354 Å². The van der Waals surface area contributed by atoms with E-state index in [4.69, 9.17) is 0 Å². The number of aryl methyl sites for hydroxylation is 2. The van der Waals surface area contributed by atoms with Gasteiger partial charge in [0, 0.05) is 5.41 Å². The molecular weight excluding hydrogens is 775 g/mol. The first-order chi connectivity index (χ1) is 24.3. The molecule has 3 heteroatoms. The van der Waals surface area contributed by atoms with Crippen LogP contribution in [0.1, 0.15) is 125 Å². The number of allylic oxidation sites excluding steroid dienone is 4. The first-order valence-electron chi connectivity index (χ1n) is 18.9. The van der Waals surface area contributed by atoms with E-state index in [1.54, 1.807) is 0 Å². The van der Waals surface area contributed by atoms with Gasteiger partial charge < -0.3 is 24.8 Å². The Kier molecular flexibility index (Phi) is 13.2. The molecule has 0 spiro atoms. The summed E-state index contributed by atoms with van der Waals surface area (Å²) in [6.45, 7) is 27.6. The van der Waals surface area contributed by atoms with Crippen LogP contribution in [-0.4, -0.2) is 3.21 Å². The summed E-state index contributed by atoms with van der Waals surface area (Å²) >= 11 is 1.46. The molecule has 280 valence electrons. The van der Waals surface area contributed by atoms with Crippen LogP contribution in [0.2, 0.25) is 0 Å². The fraction of sp³-hybridized carbons (Fsp3) is 0.333. The molecule has 0 radical (unpaired) electrons. The van der Waals surface area contributed by atoms with Gasteiger partial charge in [0.1, 0.15) is 0 Å². The minimum absolute atomic E-state index is 0. The van der Waals surface area contributed by atoms with E-state index >= 15 is 0 Å². The molecule has 0 fully saturated rings. The zero-order chi connectivity index (χ0) is 37.8. The molecule has 0 N–H and O–H groups in total. The Morgan fingerprint density at radius 2 is 1.15 bits per heavy atom. The van der Waals surface area contributed by atoms with Crippen LogP contribution in [0.5, 0.6) is 0 Å². The van der Waals surface area contributed by atoms with Crippen molar-refractivity contribution in [2.75, 3.05) is 0 Å². The van der Waals surface area contributed by atoms with Gasteiger partial charge in [0.2, 0.25) is 0 Å². The van der Waals surface area contributed by atoms with E-state index < -0.39 is 0 Å². The van der Waals surface area contributed by atoms with Gasteiger partial charge in [0.15, 0.2) is 0 Å². The molecule has 0 atom stereocenters. The van der Waals surface area contributed by atoms with Crippen LogP contribution in [0.15, 0.2) is 109 Å². The van der Waals surface area contributed by atoms with Crippen molar-refractivity contribution in [1.82, 2.24) is 0 Å². The molecule has 0 heterocycles. The molecule has 8 rings (SSSR count). The van der Waals surface area contributed by atoms with Gasteiger partial charge in [-0.05, 0) is 62.3 Å². The summed E-state index contributed by atoms with van der Waals surface area (Å²) in [5, 5.41) is 0. The molecule has 0 aliphatic heterocycles. The average molecular weight is 831 g/mol. The summed E-state index contributed by atoms with van der Waals surface area (Å²) in [5.74, 6) is 0. The molecular formula is C51H56Cl2Zr-2. The fourth-order valence-electron chi connectivity index (χ4n) is 8.04. The van der Waals surface area contributed by atoms with Crippen LogP contribution in [0.3, 0.4) is 0 Å².